The van der Waals surface area contributed by atoms with Gasteiger partial charge in [-0.1, -0.05) is 49.2 Å². The van der Waals surface area contributed by atoms with E-state index in [-0.39, 0.29) is 0 Å². The third kappa shape index (κ3) is 2.82. The van der Waals surface area contributed by atoms with Gasteiger partial charge in [0.15, 0.2) is 0 Å². The molecule has 2 aromatic rings. The Morgan fingerprint density at radius 1 is 1.42 bits per heavy atom. The van der Waals surface area contributed by atoms with Crippen molar-refractivity contribution in [3.8, 4) is 0 Å². The fraction of sp³-hybridized carbons (Fsp3) is 0.400. The van der Waals surface area contributed by atoms with Crippen LogP contribution >= 0.6 is 11.6 Å². The second-order valence-electron chi connectivity index (χ2n) is 4.81. The maximum atomic E-state index is 10.5. The number of hydrogen-bond donors (Lipinski definition) is 1. The van der Waals surface area contributed by atoms with Crippen molar-refractivity contribution in [1.82, 2.24) is 9.78 Å². The van der Waals surface area contributed by atoms with Gasteiger partial charge >= 0.3 is 0 Å². The van der Waals surface area contributed by atoms with Crippen LogP contribution in [0.3, 0.4) is 0 Å². The number of aryl methyl sites for hydroxylation is 3. The van der Waals surface area contributed by atoms with Crippen LogP contribution < -0.4 is 0 Å². The molecule has 4 heteroatoms. The van der Waals surface area contributed by atoms with Crippen molar-refractivity contribution in [2.45, 2.75) is 32.8 Å². The number of benzene rings is 1. The topological polar surface area (TPSA) is 38.1 Å². The van der Waals surface area contributed by atoms with Gasteiger partial charge in [-0.05, 0) is 24.5 Å². The largest absolute Gasteiger partial charge is 0.383 e. The Bertz CT molecular complexity index is 578. The van der Waals surface area contributed by atoms with Crippen molar-refractivity contribution >= 4 is 11.6 Å². The summed E-state index contributed by atoms with van der Waals surface area (Å²) in [5.74, 6) is 0. The van der Waals surface area contributed by atoms with Crippen LogP contribution in [0.1, 0.15) is 41.8 Å². The molecule has 0 aliphatic rings. The fourth-order valence-corrected chi connectivity index (χ4v) is 2.61. The van der Waals surface area contributed by atoms with E-state index < -0.39 is 6.10 Å². The van der Waals surface area contributed by atoms with Gasteiger partial charge in [-0.15, -0.1) is 0 Å². The van der Waals surface area contributed by atoms with E-state index in [1.165, 1.54) is 5.56 Å². The third-order valence-corrected chi connectivity index (χ3v) is 3.72. The van der Waals surface area contributed by atoms with Crippen molar-refractivity contribution in [2.24, 2.45) is 7.05 Å². The molecular formula is C15H19ClN2O. The molecule has 0 saturated heterocycles. The highest BCUT2D eigenvalue weighted by atomic mass is 35.5. The summed E-state index contributed by atoms with van der Waals surface area (Å²) in [7, 11) is 1.78. The molecule has 0 bridgehead atoms. The molecule has 19 heavy (non-hydrogen) atoms. The molecule has 0 saturated carbocycles. The Morgan fingerprint density at radius 3 is 2.74 bits per heavy atom. The molecule has 0 fully saturated rings. The van der Waals surface area contributed by atoms with Crippen LogP contribution in [0.2, 0.25) is 5.15 Å². The highest BCUT2D eigenvalue weighted by Crippen LogP contribution is 2.30. The van der Waals surface area contributed by atoms with Gasteiger partial charge in [0.05, 0.1) is 5.69 Å². The molecule has 1 N–H and O–H groups in total. The average molecular weight is 279 g/mol. The zero-order valence-electron chi connectivity index (χ0n) is 11.5. The molecule has 1 aromatic carbocycles. The summed E-state index contributed by atoms with van der Waals surface area (Å²) < 4.78 is 1.59. The first-order valence-corrected chi connectivity index (χ1v) is 6.88. The minimum Gasteiger partial charge on any atom is -0.383 e. The Hall–Kier alpha value is -1.32. The zero-order valence-corrected chi connectivity index (χ0v) is 12.3. The molecule has 1 atom stereocenters. The van der Waals surface area contributed by atoms with E-state index >= 15 is 0 Å². The first-order valence-electron chi connectivity index (χ1n) is 6.50. The fourth-order valence-electron chi connectivity index (χ4n) is 2.33. The lowest BCUT2D eigenvalue weighted by Gasteiger charge is -2.12. The quantitative estimate of drug-likeness (QED) is 0.931. The molecule has 0 aliphatic carbocycles. The average Bonchev–Trinajstić information content (AvgIpc) is 2.63. The first kappa shape index (κ1) is 14.1. The summed E-state index contributed by atoms with van der Waals surface area (Å²) in [5, 5.41) is 15.3. The minimum atomic E-state index is -0.724. The van der Waals surface area contributed by atoms with Crippen LogP contribution in [0.15, 0.2) is 24.3 Å². The summed E-state index contributed by atoms with van der Waals surface area (Å²) in [6.07, 6.45) is 1.38. The molecule has 0 amide bonds. The summed E-state index contributed by atoms with van der Waals surface area (Å²) >= 11 is 6.20. The van der Waals surface area contributed by atoms with Gasteiger partial charge in [-0.3, -0.25) is 4.68 Å². The van der Waals surface area contributed by atoms with Crippen molar-refractivity contribution < 1.29 is 5.11 Å². The first-order chi connectivity index (χ1) is 9.04. The van der Waals surface area contributed by atoms with Crippen molar-refractivity contribution in [1.29, 1.82) is 0 Å². The van der Waals surface area contributed by atoms with E-state index in [9.17, 15) is 5.11 Å². The molecular weight excluding hydrogens is 260 g/mol. The van der Waals surface area contributed by atoms with Gasteiger partial charge in [0.1, 0.15) is 11.3 Å². The maximum absolute atomic E-state index is 10.5. The van der Waals surface area contributed by atoms with Crippen LogP contribution in [0, 0.1) is 6.92 Å². The smallest absolute Gasteiger partial charge is 0.133 e. The van der Waals surface area contributed by atoms with Crippen LogP contribution in [0.25, 0.3) is 0 Å². The van der Waals surface area contributed by atoms with Gasteiger partial charge in [-0.25, -0.2) is 0 Å². The number of aromatic nitrogens is 2. The van der Waals surface area contributed by atoms with Crippen molar-refractivity contribution in [3.05, 3.63) is 51.8 Å². The zero-order chi connectivity index (χ0) is 14.0. The highest BCUT2D eigenvalue weighted by molar-refractivity contribution is 6.30. The van der Waals surface area contributed by atoms with E-state index in [1.54, 1.807) is 11.7 Å². The number of nitrogens with zero attached hydrogens (tertiary/aromatic N) is 2. The van der Waals surface area contributed by atoms with Gasteiger partial charge in [0, 0.05) is 12.6 Å². The maximum Gasteiger partial charge on any atom is 0.133 e. The van der Waals surface area contributed by atoms with Crippen LogP contribution in [0.5, 0.6) is 0 Å². The molecule has 0 radical (unpaired) electrons. The summed E-state index contributed by atoms with van der Waals surface area (Å²) in [5.41, 5.74) is 3.55. The van der Waals surface area contributed by atoms with Crippen molar-refractivity contribution in [2.75, 3.05) is 0 Å². The van der Waals surface area contributed by atoms with E-state index in [0.29, 0.717) is 10.7 Å². The molecule has 2 rings (SSSR count). The summed E-state index contributed by atoms with van der Waals surface area (Å²) in [6.45, 7) is 4.01. The molecule has 102 valence electrons. The molecule has 0 spiro atoms. The van der Waals surface area contributed by atoms with E-state index in [0.717, 1.165) is 24.1 Å². The number of halogens is 1. The van der Waals surface area contributed by atoms with Gasteiger partial charge in [0.25, 0.3) is 0 Å². The molecule has 1 unspecified atom stereocenters. The predicted octanol–water partition coefficient (Wildman–Crippen LogP) is 3.42. The number of rotatable bonds is 4. The summed E-state index contributed by atoms with van der Waals surface area (Å²) in [6, 6.07) is 8.02. The Kier molecular flexibility index (Phi) is 4.27. The van der Waals surface area contributed by atoms with Crippen LogP contribution in [0.4, 0.5) is 0 Å². The van der Waals surface area contributed by atoms with E-state index in [1.807, 2.05) is 25.1 Å². The second kappa shape index (κ2) is 5.76. The second-order valence-corrected chi connectivity index (χ2v) is 5.17. The lowest BCUT2D eigenvalue weighted by atomic mass is 9.99. The monoisotopic (exact) mass is 278 g/mol. The van der Waals surface area contributed by atoms with Gasteiger partial charge in [-0.2, -0.15) is 5.10 Å². The standard InChI is InChI=1S/C15H19ClN2O/c1-4-6-11-7-5-8-12(9-11)14(19)13-10(2)17-18(3)15(13)16/h5,7-9,14,19H,4,6H2,1-3H3. The van der Waals surface area contributed by atoms with E-state index in [4.69, 9.17) is 11.6 Å². The van der Waals surface area contributed by atoms with Gasteiger partial charge < -0.3 is 5.11 Å². The van der Waals surface area contributed by atoms with Crippen molar-refractivity contribution in [3.63, 3.8) is 0 Å². The third-order valence-electron chi connectivity index (χ3n) is 3.28. The number of aliphatic hydroxyl groups excluding tert-OH is 1. The van der Waals surface area contributed by atoms with Crippen LogP contribution in [-0.2, 0) is 13.5 Å². The molecule has 0 aliphatic heterocycles. The van der Waals surface area contributed by atoms with Gasteiger partial charge in [0.2, 0.25) is 0 Å². The summed E-state index contributed by atoms with van der Waals surface area (Å²) in [4.78, 5) is 0. The lowest BCUT2D eigenvalue weighted by Crippen LogP contribution is -2.02. The molecule has 1 aromatic heterocycles. The Morgan fingerprint density at radius 2 is 2.16 bits per heavy atom. The predicted molar refractivity (Wildman–Crippen MR) is 77.5 cm³/mol. The Labute approximate surface area is 118 Å². The Balaban J connectivity index is 2.38. The highest BCUT2D eigenvalue weighted by Gasteiger charge is 2.20. The molecule has 3 nitrogen and oxygen atoms in total. The number of aliphatic hydroxyl groups is 1. The number of hydrogen-bond acceptors (Lipinski definition) is 2. The minimum absolute atomic E-state index is 0.492. The normalized spacial score (nSPS) is 12.7. The lowest BCUT2D eigenvalue weighted by molar-refractivity contribution is 0.219. The SMILES string of the molecule is CCCc1cccc(C(O)c2c(C)nn(C)c2Cl)c1. The van der Waals surface area contributed by atoms with Crippen LogP contribution in [-0.4, -0.2) is 14.9 Å². The molecule has 1 heterocycles. The van der Waals surface area contributed by atoms with E-state index in [2.05, 4.69) is 18.1 Å².